The molecular formula is C13H21NO2S. The van der Waals surface area contributed by atoms with Crippen LogP contribution in [0, 0.1) is 6.92 Å². The van der Waals surface area contributed by atoms with Crippen LogP contribution in [0.4, 0.5) is 0 Å². The largest absolute Gasteiger partial charge is 0.497 e. The van der Waals surface area contributed by atoms with Crippen molar-refractivity contribution in [2.45, 2.75) is 25.2 Å². The van der Waals surface area contributed by atoms with E-state index in [-0.39, 0.29) is 6.61 Å². The molecular weight excluding hydrogens is 234 g/mol. The number of ether oxygens (including phenoxy) is 1. The molecule has 0 bridgehead atoms. The van der Waals surface area contributed by atoms with Crippen molar-refractivity contribution in [2.24, 2.45) is 0 Å². The van der Waals surface area contributed by atoms with Crippen molar-refractivity contribution in [3.05, 3.63) is 23.3 Å². The van der Waals surface area contributed by atoms with Gasteiger partial charge in [-0.05, 0) is 55.6 Å². The Morgan fingerprint density at radius 3 is 2.65 bits per heavy atom. The zero-order valence-corrected chi connectivity index (χ0v) is 11.8. The van der Waals surface area contributed by atoms with E-state index in [0.717, 1.165) is 12.2 Å². The maximum absolute atomic E-state index is 8.92. The highest BCUT2D eigenvalue weighted by Crippen LogP contribution is 2.32. The minimum Gasteiger partial charge on any atom is -0.497 e. The van der Waals surface area contributed by atoms with Crippen molar-refractivity contribution in [3.63, 3.8) is 0 Å². The minimum atomic E-state index is 0.181. The molecule has 0 unspecified atom stereocenters. The van der Waals surface area contributed by atoms with Gasteiger partial charge in [0.25, 0.3) is 0 Å². The van der Waals surface area contributed by atoms with Gasteiger partial charge in [-0.15, -0.1) is 0 Å². The molecule has 0 heterocycles. The number of rotatable bonds is 6. The molecule has 0 radical (unpaired) electrons. The molecule has 1 aromatic carbocycles. The van der Waals surface area contributed by atoms with Crippen molar-refractivity contribution in [3.8, 4) is 5.75 Å². The van der Waals surface area contributed by atoms with E-state index in [1.807, 2.05) is 17.4 Å². The van der Waals surface area contributed by atoms with Gasteiger partial charge < -0.3 is 9.84 Å². The van der Waals surface area contributed by atoms with E-state index in [9.17, 15) is 0 Å². The molecule has 0 aliphatic carbocycles. The van der Waals surface area contributed by atoms with Crippen molar-refractivity contribution in [1.29, 1.82) is 0 Å². The number of aryl methyl sites for hydroxylation is 2. The highest BCUT2D eigenvalue weighted by atomic mass is 32.2. The molecule has 17 heavy (non-hydrogen) atoms. The fourth-order valence-electron chi connectivity index (χ4n) is 1.66. The third-order valence-electron chi connectivity index (χ3n) is 2.60. The van der Waals surface area contributed by atoms with Crippen molar-refractivity contribution < 1.29 is 9.84 Å². The van der Waals surface area contributed by atoms with Crippen LogP contribution in [0.2, 0.25) is 0 Å². The Hall–Kier alpha value is -0.710. The zero-order chi connectivity index (χ0) is 12.8. The minimum absolute atomic E-state index is 0.181. The third-order valence-corrected chi connectivity index (χ3v) is 3.86. The molecule has 0 aromatic heterocycles. The SMILES string of the molecule is CCc1cc(OC)cc(C)c1SN(C)CCO. The summed E-state index contributed by atoms with van der Waals surface area (Å²) in [6.07, 6.45) is 0.980. The standard InChI is InChI=1S/C13H21NO2S/c1-5-11-9-12(16-4)8-10(2)13(11)17-14(3)6-7-15/h8-9,15H,5-7H2,1-4H3. The van der Waals surface area contributed by atoms with Gasteiger partial charge >= 0.3 is 0 Å². The van der Waals surface area contributed by atoms with Gasteiger partial charge in [0.2, 0.25) is 0 Å². The maximum atomic E-state index is 8.92. The molecule has 3 nitrogen and oxygen atoms in total. The van der Waals surface area contributed by atoms with Crippen LogP contribution in [0.15, 0.2) is 17.0 Å². The van der Waals surface area contributed by atoms with Crippen LogP contribution in [-0.4, -0.2) is 36.7 Å². The van der Waals surface area contributed by atoms with Crippen molar-refractivity contribution in [2.75, 3.05) is 27.3 Å². The second kappa shape index (κ2) is 6.89. The number of hydrogen-bond acceptors (Lipinski definition) is 4. The highest BCUT2D eigenvalue weighted by Gasteiger charge is 2.10. The number of likely N-dealkylation sites (N-methyl/N-ethyl adjacent to an activating group) is 1. The van der Waals surface area contributed by atoms with Gasteiger partial charge in [-0.1, -0.05) is 6.92 Å². The molecule has 0 amide bonds. The summed E-state index contributed by atoms with van der Waals surface area (Å²) in [5.41, 5.74) is 2.51. The molecule has 96 valence electrons. The number of nitrogens with zero attached hydrogens (tertiary/aromatic N) is 1. The van der Waals surface area contributed by atoms with Crippen LogP contribution in [0.1, 0.15) is 18.1 Å². The predicted molar refractivity (Wildman–Crippen MR) is 72.7 cm³/mol. The van der Waals surface area contributed by atoms with Crippen LogP contribution in [0.5, 0.6) is 5.75 Å². The zero-order valence-electron chi connectivity index (χ0n) is 11.0. The second-order valence-corrected chi connectivity index (χ2v) is 5.17. The lowest BCUT2D eigenvalue weighted by atomic mass is 10.1. The second-order valence-electron chi connectivity index (χ2n) is 3.95. The first kappa shape index (κ1) is 14.4. The van der Waals surface area contributed by atoms with E-state index in [1.54, 1.807) is 19.1 Å². The normalized spacial score (nSPS) is 10.9. The third kappa shape index (κ3) is 3.91. The molecule has 0 aliphatic rings. The van der Waals surface area contributed by atoms with Gasteiger partial charge in [0.05, 0.1) is 13.7 Å². The number of hydrogen-bond donors (Lipinski definition) is 1. The molecule has 1 aromatic rings. The van der Waals surface area contributed by atoms with Gasteiger partial charge in [-0.3, -0.25) is 0 Å². The summed E-state index contributed by atoms with van der Waals surface area (Å²) >= 11 is 1.68. The Morgan fingerprint density at radius 1 is 1.41 bits per heavy atom. The van der Waals surface area contributed by atoms with Crippen molar-refractivity contribution in [1.82, 2.24) is 4.31 Å². The smallest absolute Gasteiger partial charge is 0.119 e. The number of aliphatic hydroxyl groups excluding tert-OH is 1. The number of aliphatic hydroxyl groups is 1. The van der Waals surface area contributed by atoms with Gasteiger partial charge in [-0.2, -0.15) is 0 Å². The highest BCUT2D eigenvalue weighted by molar-refractivity contribution is 7.97. The Balaban J connectivity index is 2.97. The first-order valence-corrected chi connectivity index (χ1v) is 6.57. The molecule has 0 atom stereocenters. The summed E-state index contributed by atoms with van der Waals surface area (Å²) in [4.78, 5) is 1.27. The maximum Gasteiger partial charge on any atom is 0.119 e. The molecule has 0 saturated carbocycles. The van der Waals surface area contributed by atoms with Gasteiger partial charge in [0.15, 0.2) is 0 Å². The van der Waals surface area contributed by atoms with Crippen LogP contribution in [0.3, 0.4) is 0 Å². The summed E-state index contributed by atoms with van der Waals surface area (Å²) < 4.78 is 7.33. The van der Waals surface area contributed by atoms with Crippen LogP contribution in [0.25, 0.3) is 0 Å². The predicted octanol–water partition coefficient (Wildman–Crippen LogP) is 2.50. The van der Waals surface area contributed by atoms with Crippen molar-refractivity contribution >= 4 is 11.9 Å². The Bertz CT molecular complexity index is 369. The number of methoxy groups -OCH3 is 1. The quantitative estimate of drug-likeness (QED) is 0.792. The molecule has 0 fully saturated rings. The molecule has 1 N–H and O–H groups in total. The van der Waals surface area contributed by atoms with E-state index < -0.39 is 0 Å². The van der Waals surface area contributed by atoms with E-state index in [1.165, 1.54) is 16.0 Å². The van der Waals surface area contributed by atoms with Crippen LogP contribution >= 0.6 is 11.9 Å². The topological polar surface area (TPSA) is 32.7 Å². The van der Waals surface area contributed by atoms with Gasteiger partial charge in [0.1, 0.15) is 5.75 Å². The lowest BCUT2D eigenvalue weighted by molar-refractivity contribution is 0.273. The van der Waals surface area contributed by atoms with E-state index in [4.69, 9.17) is 9.84 Å². The average molecular weight is 255 g/mol. The van der Waals surface area contributed by atoms with Crippen LogP contribution in [-0.2, 0) is 6.42 Å². The Labute approximate surface area is 108 Å². The Morgan fingerprint density at radius 2 is 2.12 bits per heavy atom. The molecule has 4 heteroatoms. The van der Waals surface area contributed by atoms with E-state index in [2.05, 4.69) is 19.9 Å². The van der Waals surface area contributed by atoms with E-state index >= 15 is 0 Å². The summed E-state index contributed by atoms with van der Waals surface area (Å²) in [6, 6.07) is 4.14. The number of benzene rings is 1. The first-order valence-electron chi connectivity index (χ1n) is 5.79. The summed E-state index contributed by atoms with van der Waals surface area (Å²) in [5, 5.41) is 8.92. The first-order chi connectivity index (χ1) is 8.12. The fraction of sp³-hybridized carbons (Fsp3) is 0.538. The summed E-state index contributed by atoms with van der Waals surface area (Å²) in [7, 11) is 3.68. The van der Waals surface area contributed by atoms with E-state index in [0.29, 0.717) is 6.54 Å². The molecule has 0 saturated heterocycles. The average Bonchev–Trinajstić information content (AvgIpc) is 2.31. The van der Waals surface area contributed by atoms with Gasteiger partial charge in [-0.25, -0.2) is 4.31 Å². The molecule has 0 aliphatic heterocycles. The lowest BCUT2D eigenvalue weighted by Gasteiger charge is -2.19. The monoisotopic (exact) mass is 255 g/mol. The van der Waals surface area contributed by atoms with Crippen LogP contribution < -0.4 is 4.74 Å². The molecule has 1 rings (SSSR count). The fourth-order valence-corrected chi connectivity index (χ4v) is 2.67. The summed E-state index contributed by atoms with van der Waals surface area (Å²) in [5.74, 6) is 0.911. The Kier molecular flexibility index (Phi) is 5.82. The lowest BCUT2D eigenvalue weighted by Crippen LogP contribution is -2.14. The molecule has 0 spiro atoms. The summed E-state index contributed by atoms with van der Waals surface area (Å²) in [6.45, 7) is 5.08. The van der Waals surface area contributed by atoms with Gasteiger partial charge in [0, 0.05) is 11.4 Å².